The molecule has 3 aromatic rings. The van der Waals surface area contributed by atoms with E-state index >= 15 is 0 Å². The molecule has 3 rings (SSSR count). The van der Waals surface area contributed by atoms with Gasteiger partial charge in [0, 0.05) is 11.1 Å². The van der Waals surface area contributed by atoms with Crippen LogP contribution in [0, 0.1) is 5.82 Å². The summed E-state index contributed by atoms with van der Waals surface area (Å²) in [5.74, 6) is 1.04. The Labute approximate surface area is 171 Å². The Kier molecular flexibility index (Phi) is 6.38. The number of nitrogens with zero attached hydrogens (tertiary/aromatic N) is 2. The zero-order valence-electron chi connectivity index (χ0n) is 16.3. The van der Waals surface area contributed by atoms with E-state index in [-0.39, 0.29) is 16.9 Å². The van der Waals surface area contributed by atoms with Gasteiger partial charge in [0.2, 0.25) is 11.6 Å². The van der Waals surface area contributed by atoms with Gasteiger partial charge in [-0.05, 0) is 43.3 Å². The molecule has 0 saturated heterocycles. The van der Waals surface area contributed by atoms with Crippen LogP contribution in [0.15, 0.2) is 46.0 Å². The van der Waals surface area contributed by atoms with Crippen LogP contribution < -0.4 is 14.2 Å². The number of halogens is 1. The molecule has 0 aliphatic rings. The minimum Gasteiger partial charge on any atom is -0.493 e. The highest BCUT2D eigenvalue weighted by molar-refractivity contribution is 8.00. The van der Waals surface area contributed by atoms with Gasteiger partial charge in [-0.25, -0.2) is 4.39 Å². The molecule has 0 amide bonds. The second-order valence-corrected chi connectivity index (χ2v) is 7.21. The van der Waals surface area contributed by atoms with Gasteiger partial charge in [-0.15, -0.1) is 10.2 Å². The highest BCUT2D eigenvalue weighted by atomic mass is 32.2. The van der Waals surface area contributed by atoms with Gasteiger partial charge < -0.3 is 18.6 Å². The van der Waals surface area contributed by atoms with Crippen molar-refractivity contribution < 1.29 is 27.8 Å². The van der Waals surface area contributed by atoms with E-state index < -0.39 is 11.1 Å². The molecule has 9 heteroatoms. The van der Waals surface area contributed by atoms with E-state index in [0.29, 0.717) is 28.4 Å². The number of benzene rings is 2. The fourth-order valence-electron chi connectivity index (χ4n) is 2.63. The number of thioether (sulfide) groups is 1. The van der Waals surface area contributed by atoms with E-state index in [2.05, 4.69) is 10.2 Å². The van der Waals surface area contributed by atoms with Crippen molar-refractivity contribution in [3.05, 3.63) is 47.8 Å². The maximum atomic E-state index is 13.0. The van der Waals surface area contributed by atoms with Crippen molar-refractivity contribution in [2.24, 2.45) is 0 Å². The Hall–Kier alpha value is -3.07. The van der Waals surface area contributed by atoms with E-state index in [1.807, 2.05) is 0 Å². The van der Waals surface area contributed by atoms with Gasteiger partial charge in [0.1, 0.15) is 5.82 Å². The van der Waals surface area contributed by atoms with Gasteiger partial charge in [0.25, 0.3) is 5.22 Å². The number of aromatic nitrogens is 2. The minimum atomic E-state index is -0.492. The molecular weight excluding hydrogens is 399 g/mol. The lowest BCUT2D eigenvalue weighted by molar-refractivity contribution is 0.0993. The molecule has 7 nitrogen and oxygen atoms in total. The standard InChI is InChI=1S/C20H19FN2O5S/c1-11(17(24)12-5-7-14(21)8-6-12)29-20-23-22-19(28-20)13-9-15(25-2)18(27-4)16(10-13)26-3/h5-11H,1-4H3/t11-/m1/s1. The summed E-state index contributed by atoms with van der Waals surface area (Å²) in [6.45, 7) is 1.72. The normalized spacial score (nSPS) is 11.8. The Morgan fingerprint density at radius 2 is 1.66 bits per heavy atom. The maximum absolute atomic E-state index is 13.0. The third kappa shape index (κ3) is 4.51. The van der Waals surface area contributed by atoms with Crippen LogP contribution in [0.3, 0.4) is 0 Å². The summed E-state index contributed by atoms with van der Waals surface area (Å²) < 4.78 is 34.7. The van der Waals surface area contributed by atoms with Gasteiger partial charge >= 0.3 is 0 Å². The average Bonchev–Trinajstić information content (AvgIpc) is 3.21. The van der Waals surface area contributed by atoms with Gasteiger partial charge in [-0.1, -0.05) is 11.8 Å². The average molecular weight is 418 g/mol. The summed E-state index contributed by atoms with van der Waals surface area (Å²) in [6, 6.07) is 8.78. The van der Waals surface area contributed by atoms with E-state index in [0.717, 1.165) is 11.8 Å². The second kappa shape index (κ2) is 8.95. The van der Waals surface area contributed by atoms with Gasteiger partial charge in [-0.3, -0.25) is 4.79 Å². The fourth-order valence-corrected chi connectivity index (χ4v) is 3.39. The van der Waals surface area contributed by atoms with Gasteiger partial charge in [-0.2, -0.15) is 0 Å². The van der Waals surface area contributed by atoms with E-state index in [1.54, 1.807) is 19.1 Å². The van der Waals surface area contributed by atoms with Crippen molar-refractivity contribution in [3.63, 3.8) is 0 Å². The zero-order valence-corrected chi connectivity index (χ0v) is 17.1. The molecule has 0 N–H and O–H groups in total. The highest BCUT2D eigenvalue weighted by Crippen LogP contribution is 2.41. The van der Waals surface area contributed by atoms with Crippen LogP contribution in [0.2, 0.25) is 0 Å². The molecule has 0 aliphatic heterocycles. The molecule has 1 heterocycles. The minimum absolute atomic E-state index is 0.164. The first kappa shape index (κ1) is 20.7. The van der Waals surface area contributed by atoms with Crippen LogP contribution in [0.4, 0.5) is 4.39 Å². The fraction of sp³-hybridized carbons (Fsp3) is 0.250. The quantitative estimate of drug-likeness (QED) is 0.396. The Morgan fingerprint density at radius 3 is 2.21 bits per heavy atom. The molecule has 1 aromatic heterocycles. The molecule has 0 fully saturated rings. The molecule has 1 atom stereocenters. The number of carbonyl (C=O) groups excluding carboxylic acids is 1. The number of ether oxygens (including phenoxy) is 3. The molecule has 0 saturated carbocycles. The third-order valence-electron chi connectivity index (χ3n) is 4.09. The third-order valence-corrected chi connectivity index (χ3v) is 5.03. The zero-order chi connectivity index (χ0) is 21.0. The number of rotatable bonds is 8. The van der Waals surface area contributed by atoms with Crippen molar-refractivity contribution in [2.75, 3.05) is 21.3 Å². The monoisotopic (exact) mass is 418 g/mol. The second-order valence-electron chi connectivity index (χ2n) is 5.92. The smallest absolute Gasteiger partial charge is 0.277 e. The molecule has 0 bridgehead atoms. The highest BCUT2D eigenvalue weighted by Gasteiger charge is 2.21. The Morgan fingerprint density at radius 1 is 1.03 bits per heavy atom. The first-order valence-corrected chi connectivity index (χ1v) is 9.45. The Balaban J connectivity index is 1.80. The lowest BCUT2D eigenvalue weighted by Crippen LogP contribution is -2.13. The van der Waals surface area contributed by atoms with Crippen LogP contribution >= 0.6 is 11.8 Å². The molecule has 29 heavy (non-hydrogen) atoms. The summed E-state index contributed by atoms with van der Waals surface area (Å²) in [5.41, 5.74) is 0.993. The lowest BCUT2D eigenvalue weighted by Gasteiger charge is -2.12. The summed E-state index contributed by atoms with van der Waals surface area (Å²) >= 11 is 1.12. The molecule has 0 spiro atoms. The number of hydrogen-bond donors (Lipinski definition) is 0. The molecule has 2 aromatic carbocycles. The number of ketones is 1. The summed E-state index contributed by atoms with van der Waals surface area (Å²) in [6.07, 6.45) is 0. The van der Waals surface area contributed by atoms with Crippen molar-refractivity contribution in [3.8, 4) is 28.7 Å². The van der Waals surface area contributed by atoms with E-state index in [4.69, 9.17) is 18.6 Å². The van der Waals surface area contributed by atoms with Gasteiger partial charge in [0.15, 0.2) is 17.3 Å². The van der Waals surface area contributed by atoms with Gasteiger partial charge in [0.05, 0.1) is 26.6 Å². The van der Waals surface area contributed by atoms with Crippen molar-refractivity contribution in [1.29, 1.82) is 0 Å². The van der Waals surface area contributed by atoms with Crippen LogP contribution in [-0.2, 0) is 0 Å². The first-order chi connectivity index (χ1) is 14.0. The van der Waals surface area contributed by atoms with Crippen LogP contribution in [-0.4, -0.2) is 42.6 Å². The molecule has 152 valence electrons. The Bertz CT molecular complexity index is 981. The molecule has 0 unspecified atom stereocenters. The van der Waals surface area contributed by atoms with Crippen molar-refractivity contribution in [2.45, 2.75) is 17.4 Å². The van der Waals surface area contributed by atoms with E-state index in [1.165, 1.54) is 45.6 Å². The largest absolute Gasteiger partial charge is 0.493 e. The molecule has 0 aliphatic carbocycles. The topological polar surface area (TPSA) is 83.7 Å². The summed E-state index contributed by atoms with van der Waals surface area (Å²) in [4.78, 5) is 12.5. The van der Waals surface area contributed by atoms with Crippen LogP contribution in [0.5, 0.6) is 17.2 Å². The molecule has 0 radical (unpaired) electrons. The number of methoxy groups -OCH3 is 3. The summed E-state index contributed by atoms with van der Waals surface area (Å²) in [5, 5.41) is 7.78. The summed E-state index contributed by atoms with van der Waals surface area (Å²) in [7, 11) is 4.54. The number of Topliss-reactive ketones (excluding diaryl/α,β-unsaturated/α-hetero) is 1. The lowest BCUT2D eigenvalue weighted by atomic mass is 10.1. The SMILES string of the molecule is COc1cc(-c2nnc(S[C@H](C)C(=O)c3ccc(F)cc3)o2)cc(OC)c1OC. The van der Waals surface area contributed by atoms with Crippen molar-refractivity contribution >= 4 is 17.5 Å². The van der Waals surface area contributed by atoms with Crippen molar-refractivity contribution in [1.82, 2.24) is 10.2 Å². The molecular formula is C20H19FN2O5S. The first-order valence-electron chi connectivity index (χ1n) is 8.57. The maximum Gasteiger partial charge on any atom is 0.277 e. The van der Waals surface area contributed by atoms with E-state index in [9.17, 15) is 9.18 Å². The number of carbonyl (C=O) groups is 1. The van der Waals surface area contributed by atoms with Crippen LogP contribution in [0.1, 0.15) is 17.3 Å². The predicted octanol–water partition coefficient (Wildman–Crippen LogP) is 4.27. The predicted molar refractivity (Wildman–Crippen MR) is 105 cm³/mol. The number of hydrogen-bond acceptors (Lipinski definition) is 8. The van der Waals surface area contributed by atoms with Crippen LogP contribution in [0.25, 0.3) is 11.5 Å².